The summed E-state index contributed by atoms with van der Waals surface area (Å²) in [7, 11) is 0. The summed E-state index contributed by atoms with van der Waals surface area (Å²) in [6.45, 7) is 4.03. The Morgan fingerprint density at radius 1 is 1.14 bits per heavy atom. The first-order valence-electron chi connectivity index (χ1n) is 6.96. The van der Waals surface area contributed by atoms with E-state index in [0.29, 0.717) is 16.6 Å². The van der Waals surface area contributed by atoms with Gasteiger partial charge in [-0.1, -0.05) is 35.3 Å². The largest absolute Gasteiger partial charge is 0.389 e. The summed E-state index contributed by atoms with van der Waals surface area (Å²) in [6.07, 6.45) is 1.75. The Hall–Kier alpha value is -1.55. The maximum absolute atomic E-state index is 10.0. The molecule has 3 rings (SSSR count). The number of fused-ring (bicyclic) bond motifs is 1. The molecule has 0 saturated heterocycles. The summed E-state index contributed by atoms with van der Waals surface area (Å²) in [5.41, 5.74) is 2.96. The van der Waals surface area contributed by atoms with E-state index in [1.165, 1.54) is 0 Å². The van der Waals surface area contributed by atoms with Gasteiger partial charge in [-0.3, -0.25) is 0 Å². The lowest BCUT2D eigenvalue weighted by molar-refractivity contribution is 0.0627. The molecular formula is C17H16Cl2N2O. The van der Waals surface area contributed by atoms with Crippen LogP contribution < -0.4 is 0 Å². The SMILES string of the molecule is CC(C)(O)Cn1cnc2ccc(-c3ccc(Cl)cc3Cl)cc21. The first-order chi connectivity index (χ1) is 10.3. The second-order valence-electron chi connectivity index (χ2n) is 6.01. The lowest BCUT2D eigenvalue weighted by atomic mass is 10.0. The van der Waals surface area contributed by atoms with E-state index in [-0.39, 0.29) is 0 Å². The van der Waals surface area contributed by atoms with Gasteiger partial charge in [-0.25, -0.2) is 4.98 Å². The molecule has 0 aliphatic rings. The van der Waals surface area contributed by atoms with Crippen LogP contribution in [-0.2, 0) is 6.54 Å². The second-order valence-corrected chi connectivity index (χ2v) is 6.86. The molecule has 0 saturated carbocycles. The fraction of sp³-hybridized carbons (Fsp3) is 0.235. The van der Waals surface area contributed by atoms with Crippen LogP contribution in [0, 0.1) is 0 Å². The smallest absolute Gasteiger partial charge is 0.0959 e. The van der Waals surface area contributed by atoms with Crippen LogP contribution in [0.5, 0.6) is 0 Å². The minimum Gasteiger partial charge on any atom is -0.389 e. The van der Waals surface area contributed by atoms with E-state index < -0.39 is 5.60 Å². The van der Waals surface area contributed by atoms with E-state index in [1.807, 2.05) is 34.9 Å². The van der Waals surface area contributed by atoms with Gasteiger partial charge >= 0.3 is 0 Å². The van der Waals surface area contributed by atoms with Crippen molar-refractivity contribution < 1.29 is 5.11 Å². The van der Waals surface area contributed by atoms with E-state index in [2.05, 4.69) is 4.98 Å². The number of rotatable bonds is 3. The fourth-order valence-electron chi connectivity index (χ4n) is 2.49. The quantitative estimate of drug-likeness (QED) is 0.748. The van der Waals surface area contributed by atoms with Crippen LogP contribution in [0.3, 0.4) is 0 Å². The van der Waals surface area contributed by atoms with E-state index in [9.17, 15) is 5.11 Å². The molecule has 3 aromatic rings. The number of nitrogens with zero attached hydrogens (tertiary/aromatic N) is 2. The number of hydrogen-bond donors (Lipinski definition) is 1. The van der Waals surface area contributed by atoms with E-state index in [4.69, 9.17) is 23.2 Å². The fourth-order valence-corrected chi connectivity index (χ4v) is 3.01. The van der Waals surface area contributed by atoms with Gasteiger partial charge in [-0.05, 0) is 43.7 Å². The number of benzene rings is 2. The number of imidazole rings is 1. The Bertz CT molecular complexity index is 834. The molecule has 0 amide bonds. The highest BCUT2D eigenvalue weighted by atomic mass is 35.5. The zero-order valence-corrected chi connectivity index (χ0v) is 13.9. The first kappa shape index (κ1) is 15.3. The molecule has 0 radical (unpaired) electrons. The van der Waals surface area contributed by atoms with Crippen LogP contribution in [-0.4, -0.2) is 20.3 Å². The van der Waals surface area contributed by atoms with Gasteiger partial charge in [0.2, 0.25) is 0 Å². The third kappa shape index (κ3) is 3.12. The molecule has 1 N–H and O–H groups in total. The number of aliphatic hydroxyl groups is 1. The molecule has 0 unspecified atom stereocenters. The highest BCUT2D eigenvalue weighted by molar-refractivity contribution is 6.36. The normalized spacial score (nSPS) is 12.0. The van der Waals surface area contributed by atoms with Gasteiger partial charge in [-0.15, -0.1) is 0 Å². The summed E-state index contributed by atoms with van der Waals surface area (Å²) in [6, 6.07) is 11.4. The van der Waals surface area contributed by atoms with Crippen molar-refractivity contribution in [3.05, 3.63) is 52.8 Å². The molecule has 5 heteroatoms. The van der Waals surface area contributed by atoms with Crippen molar-refractivity contribution in [2.45, 2.75) is 26.0 Å². The minimum atomic E-state index is -0.804. The molecule has 0 aliphatic carbocycles. The van der Waals surface area contributed by atoms with Crippen LogP contribution in [0.15, 0.2) is 42.7 Å². The standard InChI is InChI=1S/C17H16Cl2N2O/c1-17(2,22)9-21-10-20-15-6-3-11(7-16(15)21)13-5-4-12(18)8-14(13)19/h3-8,10,22H,9H2,1-2H3. The summed E-state index contributed by atoms with van der Waals surface area (Å²) in [4.78, 5) is 4.37. The summed E-state index contributed by atoms with van der Waals surface area (Å²) >= 11 is 12.2. The van der Waals surface area contributed by atoms with Crippen LogP contribution in [0.25, 0.3) is 22.2 Å². The van der Waals surface area contributed by atoms with Gasteiger partial charge in [-0.2, -0.15) is 0 Å². The Labute approximate surface area is 139 Å². The van der Waals surface area contributed by atoms with Gasteiger partial charge in [0, 0.05) is 15.6 Å². The average molecular weight is 335 g/mol. The lowest BCUT2D eigenvalue weighted by Gasteiger charge is -2.18. The Balaban J connectivity index is 2.10. The highest BCUT2D eigenvalue weighted by Gasteiger charge is 2.16. The van der Waals surface area contributed by atoms with Gasteiger partial charge in [0.05, 0.1) is 29.5 Å². The lowest BCUT2D eigenvalue weighted by Crippen LogP contribution is -2.25. The second kappa shape index (κ2) is 5.58. The average Bonchev–Trinajstić information content (AvgIpc) is 2.79. The molecule has 0 atom stereocenters. The molecule has 1 heterocycles. The third-order valence-corrected chi connectivity index (χ3v) is 3.97. The molecule has 1 aromatic heterocycles. The van der Waals surface area contributed by atoms with Gasteiger partial charge < -0.3 is 9.67 Å². The molecule has 22 heavy (non-hydrogen) atoms. The Morgan fingerprint density at radius 2 is 1.91 bits per heavy atom. The molecule has 2 aromatic carbocycles. The molecule has 0 bridgehead atoms. The van der Waals surface area contributed by atoms with Gasteiger partial charge in [0.15, 0.2) is 0 Å². The summed E-state index contributed by atoms with van der Waals surface area (Å²) in [5, 5.41) is 11.2. The maximum Gasteiger partial charge on any atom is 0.0959 e. The number of hydrogen-bond acceptors (Lipinski definition) is 2. The summed E-state index contributed by atoms with van der Waals surface area (Å²) < 4.78 is 1.95. The summed E-state index contributed by atoms with van der Waals surface area (Å²) in [5.74, 6) is 0. The predicted molar refractivity (Wildman–Crippen MR) is 91.5 cm³/mol. The van der Waals surface area contributed by atoms with Crippen molar-refractivity contribution >= 4 is 34.2 Å². The topological polar surface area (TPSA) is 38.0 Å². The van der Waals surface area contributed by atoms with Crippen LogP contribution >= 0.6 is 23.2 Å². The van der Waals surface area contributed by atoms with Crippen molar-refractivity contribution in [3.8, 4) is 11.1 Å². The van der Waals surface area contributed by atoms with Gasteiger partial charge in [0.1, 0.15) is 0 Å². The number of halogens is 2. The molecule has 0 aliphatic heterocycles. The molecule has 114 valence electrons. The van der Waals surface area contributed by atoms with Crippen molar-refractivity contribution in [3.63, 3.8) is 0 Å². The van der Waals surface area contributed by atoms with Gasteiger partial charge in [0.25, 0.3) is 0 Å². The van der Waals surface area contributed by atoms with Crippen molar-refractivity contribution in [2.75, 3.05) is 0 Å². The monoisotopic (exact) mass is 334 g/mol. The van der Waals surface area contributed by atoms with E-state index >= 15 is 0 Å². The molecule has 0 spiro atoms. The Morgan fingerprint density at radius 3 is 2.59 bits per heavy atom. The van der Waals surface area contributed by atoms with Crippen molar-refractivity contribution in [1.82, 2.24) is 9.55 Å². The van der Waals surface area contributed by atoms with E-state index in [0.717, 1.165) is 22.2 Å². The molecule has 0 fully saturated rings. The van der Waals surface area contributed by atoms with Crippen molar-refractivity contribution in [2.24, 2.45) is 0 Å². The first-order valence-corrected chi connectivity index (χ1v) is 7.72. The van der Waals surface area contributed by atoms with Crippen molar-refractivity contribution in [1.29, 1.82) is 0 Å². The third-order valence-electron chi connectivity index (χ3n) is 3.42. The zero-order chi connectivity index (χ0) is 15.9. The maximum atomic E-state index is 10.0. The number of aromatic nitrogens is 2. The van der Waals surface area contributed by atoms with E-state index in [1.54, 1.807) is 26.2 Å². The minimum absolute atomic E-state index is 0.474. The Kier molecular flexibility index (Phi) is 3.89. The van der Waals surface area contributed by atoms with Crippen LogP contribution in [0.4, 0.5) is 0 Å². The highest BCUT2D eigenvalue weighted by Crippen LogP contribution is 2.32. The molecular weight excluding hydrogens is 319 g/mol. The molecule has 3 nitrogen and oxygen atoms in total. The van der Waals surface area contributed by atoms with Crippen LogP contribution in [0.2, 0.25) is 10.0 Å². The predicted octanol–water partition coefficient (Wildman–Crippen LogP) is 4.78. The zero-order valence-electron chi connectivity index (χ0n) is 12.3. The van der Waals surface area contributed by atoms with Crippen LogP contribution in [0.1, 0.15) is 13.8 Å².